The Morgan fingerprint density at radius 1 is 1.14 bits per heavy atom. The molecule has 1 aromatic carbocycles. The van der Waals surface area contributed by atoms with Gasteiger partial charge in [0.05, 0.1) is 22.7 Å². The van der Waals surface area contributed by atoms with Crippen LogP contribution in [0.15, 0.2) is 18.2 Å². The number of likely N-dealkylation sites (tertiary alicyclic amines) is 1. The summed E-state index contributed by atoms with van der Waals surface area (Å²) in [6, 6.07) is 6.32. The summed E-state index contributed by atoms with van der Waals surface area (Å²) < 4.78 is 25.9. The van der Waals surface area contributed by atoms with E-state index in [1.54, 1.807) is 12.1 Å². The van der Waals surface area contributed by atoms with Gasteiger partial charge in [-0.15, -0.1) is 0 Å². The van der Waals surface area contributed by atoms with Gasteiger partial charge in [0.1, 0.15) is 0 Å². The Labute approximate surface area is 183 Å². The average molecular weight is 465 g/mol. The minimum absolute atomic E-state index is 0.171. The maximum absolute atomic E-state index is 12.8. The molecule has 0 unspecified atom stereocenters. The highest BCUT2D eigenvalue weighted by atomic mass is 35.5. The van der Waals surface area contributed by atoms with E-state index < -0.39 is 10.1 Å². The number of rotatable bonds is 4. The second-order valence-electron chi connectivity index (χ2n) is 7.83. The fraction of sp³-hybridized carbons (Fsp3) is 0.650. The van der Waals surface area contributed by atoms with E-state index in [1.807, 2.05) is 18.0 Å². The van der Waals surface area contributed by atoms with Crippen LogP contribution >= 0.6 is 23.2 Å². The van der Waals surface area contributed by atoms with Gasteiger partial charge in [-0.25, -0.2) is 0 Å². The molecule has 1 heterocycles. The van der Waals surface area contributed by atoms with Crippen LogP contribution < -0.4 is 0 Å². The van der Waals surface area contributed by atoms with E-state index in [1.165, 1.54) is 45.2 Å². The molecule has 1 saturated carbocycles. The van der Waals surface area contributed by atoms with Crippen molar-refractivity contribution < 1.29 is 17.8 Å². The van der Waals surface area contributed by atoms with Crippen molar-refractivity contribution in [3.8, 4) is 0 Å². The standard InChI is InChI=1S/C19H26Cl2N2O.CH4O3S/c1-22(19(24)13-14-8-9-15(20)16(21)12-14)17-6-2-3-7-18(17)23-10-4-5-11-23;1-5(2,3)4/h8-9,12,17-18H,2-7,10-11,13H2,1H3;1H3,(H,2,3,4)/t17-,18-;/m1./s1. The number of carbonyl (C=O) groups excluding carboxylic acids is 1. The number of nitrogens with zero attached hydrogens (tertiary/aromatic N) is 2. The maximum Gasteiger partial charge on any atom is 0.261 e. The van der Waals surface area contributed by atoms with E-state index in [9.17, 15) is 13.2 Å². The zero-order valence-corrected chi connectivity index (χ0v) is 19.3. The third-order valence-electron chi connectivity index (χ3n) is 5.53. The third kappa shape index (κ3) is 8.06. The van der Waals surface area contributed by atoms with Crippen molar-refractivity contribution in [2.45, 2.75) is 57.0 Å². The topological polar surface area (TPSA) is 77.9 Å². The molecular weight excluding hydrogens is 435 g/mol. The molecule has 1 amide bonds. The molecule has 0 spiro atoms. The SMILES string of the molecule is CN(C(=O)Cc1ccc(Cl)c(Cl)c1)[C@@H]1CCCC[C@H]1N1CCCC1.CS(=O)(=O)O. The van der Waals surface area contributed by atoms with E-state index in [2.05, 4.69) is 4.90 Å². The first-order valence-corrected chi connectivity index (χ1v) is 12.5. The number of carbonyl (C=O) groups is 1. The summed E-state index contributed by atoms with van der Waals surface area (Å²) in [6.07, 6.45) is 8.53. The van der Waals surface area contributed by atoms with E-state index in [0.29, 0.717) is 34.8 Å². The Kier molecular flexibility index (Phi) is 9.22. The first-order chi connectivity index (χ1) is 13.6. The third-order valence-corrected chi connectivity index (χ3v) is 6.27. The van der Waals surface area contributed by atoms with E-state index in [-0.39, 0.29) is 5.91 Å². The fourth-order valence-corrected chi connectivity index (χ4v) is 4.50. The molecule has 3 rings (SSSR count). The van der Waals surface area contributed by atoms with Crippen molar-refractivity contribution in [3.63, 3.8) is 0 Å². The van der Waals surface area contributed by atoms with Crippen molar-refractivity contribution in [1.29, 1.82) is 0 Å². The summed E-state index contributed by atoms with van der Waals surface area (Å²) in [6.45, 7) is 2.38. The van der Waals surface area contributed by atoms with Crippen molar-refractivity contribution in [2.24, 2.45) is 0 Å². The lowest BCUT2D eigenvalue weighted by molar-refractivity contribution is -0.133. The number of benzene rings is 1. The lowest BCUT2D eigenvalue weighted by Crippen LogP contribution is -2.53. The predicted octanol–water partition coefficient (Wildman–Crippen LogP) is 3.91. The summed E-state index contributed by atoms with van der Waals surface area (Å²) in [5.74, 6) is 0.171. The fourth-order valence-electron chi connectivity index (χ4n) is 4.18. The monoisotopic (exact) mass is 464 g/mol. The highest BCUT2D eigenvalue weighted by molar-refractivity contribution is 7.85. The van der Waals surface area contributed by atoms with Gasteiger partial charge in [0, 0.05) is 19.1 Å². The first kappa shape index (κ1) is 24.4. The predicted molar refractivity (Wildman–Crippen MR) is 117 cm³/mol. The van der Waals surface area contributed by atoms with Gasteiger partial charge in [-0.2, -0.15) is 8.42 Å². The van der Waals surface area contributed by atoms with Crippen LogP contribution in [0.1, 0.15) is 44.1 Å². The molecule has 0 aromatic heterocycles. The molecule has 29 heavy (non-hydrogen) atoms. The molecule has 1 N–H and O–H groups in total. The Bertz CT molecular complexity index is 790. The lowest BCUT2D eigenvalue weighted by Gasteiger charge is -2.42. The number of likely N-dealkylation sites (N-methyl/N-ethyl adjacent to an activating group) is 1. The molecule has 1 aromatic rings. The summed E-state index contributed by atoms with van der Waals surface area (Å²) in [7, 11) is -1.70. The maximum atomic E-state index is 12.8. The summed E-state index contributed by atoms with van der Waals surface area (Å²) in [4.78, 5) is 17.4. The number of amides is 1. The number of hydrogen-bond donors (Lipinski definition) is 1. The molecule has 0 radical (unpaired) electrons. The van der Waals surface area contributed by atoms with Gasteiger partial charge in [-0.3, -0.25) is 14.2 Å². The molecule has 164 valence electrons. The number of hydrogen-bond acceptors (Lipinski definition) is 4. The number of halogens is 2. The normalized spacial score (nSPS) is 22.7. The molecule has 1 saturated heterocycles. The Hall–Kier alpha value is -0.860. The van der Waals surface area contributed by atoms with Crippen LogP contribution in [0.3, 0.4) is 0 Å². The van der Waals surface area contributed by atoms with Gasteiger partial charge < -0.3 is 4.90 Å². The second-order valence-corrected chi connectivity index (χ2v) is 10.1. The van der Waals surface area contributed by atoms with Crippen molar-refractivity contribution in [1.82, 2.24) is 9.80 Å². The van der Waals surface area contributed by atoms with Gasteiger partial charge in [0.15, 0.2) is 0 Å². The van der Waals surface area contributed by atoms with E-state index in [0.717, 1.165) is 12.0 Å². The van der Waals surface area contributed by atoms with Crippen molar-refractivity contribution in [2.75, 3.05) is 26.4 Å². The van der Waals surface area contributed by atoms with Crippen LogP contribution in [0.4, 0.5) is 0 Å². The summed E-state index contributed by atoms with van der Waals surface area (Å²) in [5, 5.41) is 1.04. The first-order valence-electron chi connectivity index (χ1n) is 9.92. The van der Waals surface area contributed by atoms with E-state index >= 15 is 0 Å². The van der Waals surface area contributed by atoms with Gasteiger partial charge >= 0.3 is 0 Å². The quantitative estimate of drug-likeness (QED) is 0.683. The summed E-state index contributed by atoms with van der Waals surface area (Å²) >= 11 is 12.0. The minimum atomic E-state index is -3.67. The van der Waals surface area contributed by atoms with Gasteiger partial charge in [0.2, 0.25) is 5.91 Å². The second kappa shape index (κ2) is 11.0. The van der Waals surface area contributed by atoms with Crippen LogP contribution in [0.25, 0.3) is 0 Å². The minimum Gasteiger partial charge on any atom is -0.341 e. The smallest absolute Gasteiger partial charge is 0.261 e. The Morgan fingerprint density at radius 2 is 1.72 bits per heavy atom. The van der Waals surface area contributed by atoms with Gasteiger partial charge in [0.25, 0.3) is 10.1 Å². The Balaban J connectivity index is 0.000000537. The zero-order chi connectivity index (χ0) is 21.6. The molecule has 2 atom stereocenters. The molecule has 2 fully saturated rings. The van der Waals surface area contributed by atoms with E-state index in [4.69, 9.17) is 27.8 Å². The zero-order valence-electron chi connectivity index (χ0n) is 17.0. The van der Waals surface area contributed by atoms with Crippen LogP contribution in [0, 0.1) is 0 Å². The molecule has 1 aliphatic carbocycles. The Morgan fingerprint density at radius 3 is 2.31 bits per heavy atom. The van der Waals surface area contributed by atoms with Crippen LogP contribution in [-0.2, 0) is 21.3 Å². The molecule has 0 bridgehead atoms. The largest absolute Gasteiger partial charge is 0.341 e. The van der Waals surface area contributed by atoms with Crippen LogP contribution in [0.2, 0.25) is 10.0 Å². The molecule has 2 aliphatic rings. The molecule has 6 nitrogen and oxygen atoms in total. The van der Waals surface area contributed by atoms with Crippen molar-refractivity contribution in [3.05, 3.63) is 33.8 Å². The highest BCUT2D eigenvalue weighted by Crippen LogP contribution is 2.29. The molecular formula is C20H30Cl2N2O4S. The lowest BCUT2D eigenvalue weighted by atomic mass is 9.88. The van der Waals surface area contributed by atoms with Gasteiger partial charge in [-0.05, 0) is 56.5 Å². The molecule has 9 heteroatoms. The van der Waals surface area contributed by atoms with Crippen LogP contribution in [-0.4, -0.2) is 67.2 Å². The van der Waals surface area contributed by atoms with Crippen molar-refractivity contribution >= 4 is 39.2 Å². The van der Waals surface area contributed by atoms with Gasteiger partial charge in [-0.1, -0.05) is 42.1 Å². The highest BCUT2D eigenvalue weighted by Gasteiger charge is 2.35. The average Bonchev–Trinajstić information content (AvgIpc) is 3.17. The summed E-state index contributed by atoms with van der Waals surface area (Å²) in [5.41, 5.74) is 0.926. The van der Waals surface area contributed by atoms with Crippen LogP contribution in [0.5, 0.6) is 0 Å². The molecule has 1 aliphatic heterocycles.